The van der Waals surface area contributed by atoms with E-state index in [1.165, 1.54) is 5.56 Å². The molecule has 0 heterocycles. The number of carbonyl (C=O) groups is 2. The van der Waals surface area contributed by atoms with Crippen LogP contribution in [0.5, 0.6) is 0 Å². The highest BCUT2D eigenvalue weighted by molar-refractivity contribution is 7.98. The lowest BCUT2D eigenvalue weighted by Crippen LogP contribution is -2.51. The summed E-state index contributed by atoms with van der Waals surface area (Å²) in [6, 6.07) is 29.6. The third kappa shape index (κ3) is 9.25. The van der Waals surface area contributed by atoms with E-state index in [2.05, 4.69) is 31.3 Å². The van der Waals surface area contributed by atoms with E-state index in [9.17, 15) is 9.59 Å². The van der Waals surface area contributed by atoms with Gasteiger partial charge in [-0.25, -0.2) is 0 Å². The van der Waals surface area contributed by atoms with Crippen molar-refractivity contribution >= 4 is 23.6 Å². The minimum atomic E-state index is -0.567. The highest BCUT2D eigenvalue weighted by Gasteiger charge is 2.30. The van der Waals surface area contributed by atoms with Gasteiger partial charge in [-0.2, -0.15) is 11.8 Å². The van der Waals surface area contributed by atoms with Crippen LogP contribution in [-0.4, -0.2) is 35.1 Å². The van der Waals surface area contributed by atoms with Crippen LogP contribution >= 0.6 is 11.8 Å². The van der Waals surface area contributed by atoms with Crippen LogP contribution in [0.25, 0.3) is 0 Å². The Hall–Kier alpha value is -3.05. The maximum atomic E-state index is 13.6. The SMILES string of the molecule is CC(C)CNC(=O)[C@@H](Cc1ccccc1)N(Cc1ccccc1)C(=O)CCSCc1ccccc1. The second-order valence-electron chi connectivity index (χ2n) is 9.14. The molecule has 4 nitrogen and oxygen atoms in total. The van der Waals surface area contributed by atoms with E-state index in [4.69, 9.17) is 0 Å². The molecule has 0 aromatic heterocycles. The average Bonchev–Trinajstić information content (AvgIpc) is 2.89. The fourth-order valence-corrected chi connectivity index (χ4v) is 4.72. The second kappa shape index (κ2) is 14.4. The van der Waals surface area contributed by atoms with Crippen LogP contribution < -0.4 is 5.32 Å². The molecule has 1 atom stereocenters. The molecular formula is C30H36N2O2S. The van der Waals surface area contributed by atoms with Crippen molar-refractivity contribution in [2.75, 3.05) is 12.3 Å². The van der Waals surface area contributed by atoms with Gasteiger partial charge in [0.1, 0.15) is 6.04 Å². The summed E-state index contributed by atoms with van der Waals surface area (Å²) in [6.45, 7) is 5.15. The van der Waals surface area contributed by atoms with Crippen molar-refractivity contribution in [1.82, 2.24) is 10.2 Å². The standard InChI is InChI=1S/C30H36N2O2S/c1-24(2)21-31-30(34)28(20-25-12-6-3-7-13-25)32(22-26-14-8-4-9-15-26)29(33)18-19-35-23-27-16-10-5-11-17-27/h3-17,24,28H,18-23H2,1-2H3,(H,31,34)/t28-/m1/s1. The first-order valence-corrected chi connectivity index (χ1v) is 13.4. The number of nitrogens with zero attached hydrogens (tertiary/aromatic N) is 1. The molecular weight excluding hydrogens is 452 g/mol. The van der Waals surface area contributed by atoms with Gasteiger partial charge in [-0.1, -0.05) is 105 Å². The minimum absolute atomic E-state index is 0.00930. The zero-order chi connectivity index (χ0) is 24.9. The predicted molar refractivity (Wildman–Crippen MR) is 146 cm³/mol. The molecule has 0 spiro atoms. The fourth-order valence-electron chi connectivity index (χ4n) is 3.82. The van der Waals surface area contributed by atoms with E-state index in [0.29, 0.717) is 37.6 Å². The van der Waals surface area contributed by atoms with Gasteiger partial charge in [0.05, 0.1) is 0 Å². The molecule has 3 aromatic rings. The number of hydrogen-bond acceptors (Lipinski definition) is 3. The van der Waals surface area contributed by atoms with Gasteiger partial charge in [0.25, 0.3) is 0 Å². The van der Waals surface area contributed by atoms with Gasteiger partial charge in [0, 0.05) is 37.4 Å². The first-order valence-electron chi connectivity index (χ1n) is 12.3. The second-order valence-corrected chi connectivity index (χ2v) is 10.2. The maximum Gasteiger partial charge on any atom is 0.243 e. The maximum absolute atomic E-state index is 13.6. The summed E-state index contributed by atoms with van der Waals surface area (Å²) in [5, 5.41) is 3.07. The summed E-state index contributed by atoms with van der Waals surface area (Å²) in [7, 11) is 0. The van der Waals surface area contributed by atoms with Gasteiger partial charge in [-0.15, -0.1) is 0 Å². The summed E-state index contributed by atoms with van der Waals surface area (Å²) >= 11 is 1.75. The average molecular weight is 489 g/mol. The Morgan fingerprint density at radius 3 is 1.91 bits per heavy atom. The number of amides is 2. The molecule has 35 heavy (non-hydrogen) atoms. The molecule has 0 aliphatic heterocycles. The van der Waals surface area contributed by atoms with Crippen molar-refractivity contribution in [3.8, 4) is 0 Å². The van der Waals surface area contributed by atoms with E-state index in [1.54, 1.807) is 16.7 Å². The molecule has 0 aliphatic rings. The molecule has 0 saturated carbocycles. The minimum Gasteiger partial charge on any atom is -0.354 e. The zero-order valence-electron chi connectivity index (χ0n) is 20.7. The van der Waals surface area contributed by atoms with Gasteiger partial charge < -0.3 is 10.2 Å². The molecule has 3 aromatic carbocycles. The molecule has 0 radical (unpaired) electrons. The van der Waals surface area contributed by atoms with Crippen LogP contribution in [0.2, 0.25) is 0 Å². The molecule has 1 N–H and O–H groups in total. The number of carbonyl (C=O) groups excluding carboxylic acids is 2. The van der Waals surface area contributed by atoms with Crippen LogP contribution in [0.1, 0.15) is 37.0 Å². The fraction of sp³-hybridized carbons (Fsp3) is 0.333. The molecule has 2 amide bonds. The topological polar surface area (TPSA) is 49.4 Å². The summed E-state index contributed by atoms with van der Waals surface area (Å²) in [5.74, 6) is 1.84. The first-order chi connectivity index (χ1) is 17.0. The number of thioether (sulfide) groups is 1. The molecule has 0 bridgehead atoms. The van der Waals surface area contributed by atoms with Crippen LogP contribution in [0.3, 0.4) is 0 Å². The zero-order valence-corrected chi connectivity index (χ0v) is 21.5. The van der Waals surface area contributed by atoms with E-state index >= 15 is 0 Å². The van der Waals surface area contributed by atoms with Gasteiger partial charge in [-0.05, 0) is 22.6 Å². The largest absolute Gasteiger partial charge is 0.354 e. The van der Waals surface area contributed by atoms with Crippen LogP contribution in [0.15, 0.2) is 91.0 Å². The summed E-state index contributed by atoms with van der Waals surface area (Å²) in [4.78, 5) is 28.7. The smallest absolute Gasteiger partial charge is 0.243 e. The van der Waals surface area contributed by atoms with Crippen molar-refractivity contribution in [3.05, 3.63) is 108 Å². The van der Waals surface area contributed by atoms with Gasteiger partial charge in [0.15, 0.2) is 0 Å². The molecule has 0 unspecified atom stereocenters. The van der Waals surface area contributed by atoms with Crippen molar-refractivity contribution in [2.24, 2.45) is 5.92 Å². The molecule has 0 fully saturated rings. The first kappa shape index (κ1) is 26.6. The Bertz CT molecular complexity index is 1030. The predicted octanol–water partition coefficient (Wildman–Crippen LogP) is 5.72. The van der Waals surface area contributed by atoms with Gasteiger partial charge in [-0.3, -0.25) is 9.59 Å². The molecule has 0 saturated heterocycles. The van der Waals surface area contributed by atoms with E-state index in [0.717, 1.165) is 16.9 Å². The summed E-state index contributed by atoms with van der Waals surface area (Å²) in [5.41, 5.74) is 3.31. The lowest BCUT2D eigenvalue weighted by atomic mass is 10.0. The lowest BCUT2D eigenvalue weighted by molar-refractivity contribution is -0.141. The van der Waals surface area contributed by atoms with Crippen molar-refractivity contribution in [3.63, 3.8) is 0 Å². The molecule has 5 heteroatoms. The lowest BCUT2D eigenvalue weighted by Gasteiger charge is -2.32. The Labute approximate surface area is 214 Å². The number of nitrogens with one attached hydrogen (secondary N) is 1. The van der Waals surface area contributed by atoms with Gasteiger partial charge in [0.2, 0.25) is 11.8 Å². The molecule has 3 rings (SSSR count). The third-order valence-electron chi connectivity index (χ3n) is 5.72. The van der Waals surface area contributed by atoms with Crippen LogP contribution in [0.4, 0.5) is 0 Å². The van der Waals surface area contributed by atoms with Gasteiger partial charge >= 0.3 is 0 Å². The quantitative estimate of drug-likeness (QED) is 0.313. The van der Waals surface area contributed by atoms with E-state index in [-0.39, 0.29) is 11.8 Å². The van der Waals surface area contributed by atoms with Crippen LogP contribution in [-0.2, 0) is 28.3 Å². The Morgan fingerprint density at radius 2 is 1.34 bits per heavy atom. The summed E-state index contributed by atoms with van der Waals surface area (Å²) < 4.78 is 0. The van der Waals surface area contributed by atoms with E-state index in [1.807, 2.05) is 78.9 Å². The number of rotatable bonds is 13. The number of benzene rings is 3. The van der Waals surface area contributed by atoms with Crippen molar-refractivity contribution < 1.29 is 9.59 Å². The van der Waals surface area contributed by atoms with Crippen LogP contribution in [0, 0.1) is 5.92 Å². The van der Waals surface area contributed by atoms with E-state index < -0.39 is 6.04 Å². The van der Waals surface area contributed by atoms with Crippen molar-refractivity contribution in [2.45, 2.75) is 45.0 Å². The Morgan fingerprint density at radius 1 is 0.800 bits per heavy atom. The molecule has 0 aliphatic carbocycles. The Kier molecular flexibility index (Phi) is 10.9. The normalized spacial score (nSPS) is 11.7. The number of hydrogen-bond donors (Lipinski definition) is 1. The third-order valence-corrected chi connectivity index (χ3v) is 6.75. The summed E-state index contributed by atoms with van der Waals surface area (Å²) in [6.07, 6.45) is 0.883. The highest BCUT2D eigenvalue weighted by Crippen LogP contribution is 2.18. The monoisotopic (exact) mass is 488 g/mol. The van der Waals surface area contributed by atoms with Crippen molar-refractivity contribution in [1.29, 1.82) is 0 Å². The Balaban J connectivity index is 1.76. The molecule has 184 valence electrons. The highest BCUT2D eigenvalue weighted by atomic mass is 32.2.